The monoisotopic (exact) mass is 520 g/mol. The van der Waals surface area contributed by atoms with Crippen molar-refractivity contribution < 1.29 is 41.3 Å². The number of hydrogen-bond acceptors (Lipinski definition) is 10. The molecule has 4 N–H and O–H groups in total. The first kappa shape index (κ1) is 24.6. The molecule has 2 aromatic heterocycles. The van der Waals surface area contributed by atoms with Gasteiger partial charge in [-0.2, -0.15) is 4.72 Å². The molecule has 2 heterocycles. The molecule has 0 bridgehead atoms. The molecule has 3 aromatic rings. The van der Waals surface area contributed by atoms with E-state index in [1.807, 2.05) is 0 Å². The zero-order valence-corrected chi connectivity index (χ0v) is 20.0. The molecule has 0 saturated carbocycles. The van der Waals surface area contributed by atoms with Crippen LogP contribution in [0, 0.1) is 0 Å². The number of hydrogen-bond donors (Lipinski definition) is 2. The smallest absolute Gasteiger partial charge is 0.490 e. The number of thiophene rings is 1. The number of pyridine rings is 1. The van der Waals surface area contributed by atoms with Crippen LogP contribution in [0.15, 0.2) is 51.8 Å². The van der Waals surface area contributed by atoms with Gasteiger partial charge in [-0.25, -0.2) is 21.8 Å². The zero-order valence-electron chi connectivity index (χ0n) is 16.6. The van der Waals surface area contributed by atoms with Crippen LogP contribution >= 0.6 is 19.6 Å². The molecule has 0 aliphatic rings. The standard InChI is InChI=1S/C17H18N3O8PS3/c1-31(23,24)15-5-2-11(10-19-15)17(28-29(21)22)20-32(25,26)16-9-12-8-13(27-7-6-18)3-4-14(12)30-16/h2-5,8-10,17,20H,6-7,18H2,1H3/p+1. The van der Waals surface area contributed by atoms with Crippen molar-refractivity contribution >= 4 is 49.5 Å². The average molecular weight is 521 g/mol. The highest BCUT2D eigenvalue weighted by molar-refractivity contribution is 7.91. The molecular formula is C17H19N3O8PS3+. The number of fused-ring (bicyclic) bond motifs is 1. The fourth-order valence-corrected chi connectivity index (χ4v) is 6.08. The Balaban J connectivity index is 1.90. The molecule has 32 heavy (non-hydrogen) atoms. The van der Waals surface area contributed by atoms with Crippen molar-refractivity contribution in [2.75, 3.05) is 19.4 Å². The fourth-order valence-electron chi connectivity index (χ4n) is 2.61. The van der Waals surface area contributed by atoms with E-state index in [9.17, 15) is 26.3 Å². The van der Waals surface area contributed by atoms with Gasteiger partial charge in [0, 0.05) is 22.7 Å². The van der Waals surface area contributed by atoms with Crippen molar-refractivity contribution in [3.05, 3.63) is 48.2 Å². The summed E-state index contributed by atoms with van der Waals surface area (Å²) in [6, 6.07) is 8.89. The number of sulfonamides is 1. The topological polar surface area (TPSA) is 179 Å². The summed E-state index contributed by atoms with van der Waals surface area (Å²) in [5.74, 6) is 0.567. The first-order valence-corrected chi connectivity index (χ1v) is 14.2. The fraction of sp³-hybridized carbons (Fsp3) is 0.235. The first-order valence-electron chi connectivity index (χ1n) is 8.95. The molecule has 0 radical (unpaired) electrons. The third-order valence-electron chi connectivity index (χ3n) is 4.04. The Morgan fingerprint density at radius 3 is 2.56 bits per heavy atom. The second-order valence-corrected chi connectivity index (χ2v) is 12.1. The Hall–Kier alpha value is -2.03. The Labute approximate surface area is 189 Å². The molecule has 1 aromatic carbocycles. The van der Waals surface area contributed by atoms with E-state index >= 15 is 0 Å². The number of aromatic nitrogens is 1. The van der Waals surface area contributed by atoms with Crippen LogP contribution < -0.4 is 20.1 Å². The second kappa shape index (κ2) is 9.85. The van der Waals surface area contributed by atoms with Crippen LogP contribution in [-0.2, 0) is 28.9 Å². The zero-order chi connectivity index (χ0) is 23.5. The number of quaternary nitrogens is 1. The largest absolute Gasteiger partial charge is 0.566 e. The molecular weight excluding hydrogens is 501 g/mol. The van der Waals surface area contributed by atoms with E-state index in [-0.39, 0.29) is 14.8 Å². The van der Waals surface area contributed by atoms with Crippen molar-refractivity contribution in [3.63, 3.8) is 0 Å². The minimum absolute atomic E-state index is 0.00477. The van der Waals surface area contributed by atoms with E-state index in [1.165, 1.54) is 12.1 Å². The summed E-state index contributed by atoms with van der Waals surface area (Å²) in [4.78, 5) is 14.9. The van der Waals surface area contributed by atoms with Crippen molar-refractivity contribution in [2.45, 2.75) is 15.5 Å². The van der Waals surface area contributed by atoms with E-state index in [2.05, 4.69) is 15.4 Å². The maximum absolute atomic E-state index is 12.9. The number of ether oxygens (including phenoxy) is 1. The summed E-state index contributed by atoms with van der Waals surface area (Å²) in [6.45, 7) is 0.996. The molecule has 0 aliphatic heterocycles. The SMILES string of the molecule is CS(=O)(=O)c1ccc(C(NS(=O)(=O)c2cc3cc(OCC[NH3+])ccc3s2)O[P+](=O)[O-])cn1. The molecule has 11 nitrogen and oxygen atoms in total. The molecule has 15 heteroatoms. The van der Waals surface area contributed by atoms with Crippen LogP contribution in [0.5, 0.6) is 5.75 Å². The van der Waals surface area contributed by atoms with Gasteiger partial charge < -0.3 is 15.4 Å². The molecule has 0 aliphatic carbocycles. The van der Waals surface area contributed by atoms with Gasteiger partial charge in [0.15, 0.2) is 14.9 Å². The lowest BCUT2D eigenvalue weighted by molar-refractivity contribution is -0.370. The summed E-state index contributed by atoms with van der Waals surface area (Å²) in [5, 5.41) is 0.374. The van der Waals surface area contributed by atoms with Crippen LogP contribution in [0.2, 0.25) is 0 Å². The highest BCUT2D eigenvalue weighted by Crippen LogP contribution is 2.33. The summed E-state index contributed by atoms with van der Waals surface area (Å²) in [5.41, 5.74) is 3.69. The number of benzene rings is 1. The first-order chi connectivity index (χ1) is 15.0. The van der Waals surface area contributed by atoms with Crippen LogP contribution in [0.3, 0.4) is 0 Å². The summed E-state index contributed by atoms with van der Waals surface area (Å²) in [6.07, 6.45) is 0.347. The third-order valence-corrected chi connectivity index (χ3v) is 8.41. The normalized spacial score (nSPS) is 13.8. The number of nitrogens with one attached hydrogen (secondary N) is 1. The molecule has 2 unspecified atom stereocenters. The predicted octanol–water partition coefficient (Wildman–Crippen LogP) is 0.332. The van der Waals surface area contributed by atoms with Gasteiger partial charge in [0.2, 0.25) is 6.23 Å². The molecule has 0 fully saturated rings. The minimum atomic E-state index is -4.20. The van der Waals surface area contributed by atoms with Crippen LogP contribution in [0.25, 0.3) is 10.1 Å². The van der Waals surface area contributed by atoms with Gasteiger partial charge in [-0.1, -0.05) is 6.07 Å². The molecule has 0 amide bonds. The Bertz CT molecular complexity index is 1340. The molecule has 2 atom stereocenters. The minimum Gasteiger partial charge on any atom is -0.566 e. The van der Waals surface area contributed by atoms with Gasteiger partial charge in [0.1, 0.15) is 23.1 Å². The third kappa shape index (κ3) is 6.05. The quantitative estimate of drug-likeness (QED) is 0.281. The lowest BCUT2D eigenvalue weighted by Crippen LogP contribution is -2.52. The summed E-state index contributed by atoms with van der Waals surface area (Å²) >= 11 is 0.979. The summed E-state index contributed by atoms with van der Waals surface area (Å²) in [7, 11) is -11.2. The van der Waals surface area contributed by atoms with Crippen molar-refractivity contribution in [1.82, 2.24) is 9.71 Å². The van der Waals surface area contributed by atoms with E-state index in [0.29, 0.717) is 29.0 Å². The highest BCUT2D eigenvalue weighted by atomic mass is 32.2. The summed E-state index contributed by atoms with van der Waals surface area (Å²) < 4.78 is 73.1. The van der Waals surface area contributed by atoms with Gasteiger partial charge in [0.25, 0.3) is 10.0 Å². The van der Waals surface area contributed by atoms with Crippen molar-refractivity contribution in [2.24, 2.45) is 0 Å². The highest BCUT2D eigenvalue weighted by Gasteiger charge is 2.29. The molecule has 0 saturated heterocycles. The van der Waals surface area contributed by atoms with Gasteiger partial charge in [0.05, 0.1) is 0 Å². The number of sulfone groups is 1. The van der Waals surface area contributed by atoms with Gasteiger partial charge in [-0.3, -0.25) is 0 Å². The molecule has 3 rings (SSSR count). The van der Waals surface area contributed by atoms with Crippen molar-refractivity contribution in [1.29, 1.82) is 0 Å². The average Bonchev–Trinajstić information content (AvgIpc) is 3.15. The maximum atomic E-state index is 12.9. The number of nitrogens with zero attached hydrogens (tertiary/aromatic N) is 1. The van der Waals surface area contributed by atoms with Crippen LogP contribution in [0.1, 0.15) is 11.8 Å². The molecule has 172 valence electrons. The lowest BCUT2D eigenvalue weighted by atomic mass is 10.2. The van der Waals surface area contributed by atoms with Crippen molar-refractivity contribution in [3.8, 4) is 5.75 Å². The lowest BCUT2D eigenvalue weighted by Gasteiger charge is -2.14. The van der Waals surface area contributed by atoms with E-state index in [4.69, 9.17) is 9.26 Å². The maximum Gasteiger partial charge on any atom is 0.490 e. The van der Waals surface area contributed by atoms with Crippen LogP contribution in [0.4, 0.5) is 0 Å². The Kier molecular flexibility index (Phi) is 7.57. The molecule has 0 spiro atoms. The van der Waals surface area contributed by atoms with E-state index in [0.717, 1.165) is 29.9 Å². The predicted molar refractivity (Wildman–Crippen MR) is 114 cm³/mol. The van der Waals surface area contributed by atoms with E-state index < -0.39 is 34.3 Å². The van der Waals surface area contributed by atoms with E-state index in [1.54, 1.807) is 18.2 Å². The van der Waals surface area contributed by atoms with Gasteiger partial charge in [-0.05, 0) is 40.3 Å². The van der Waals surface area contributed by atoms with Gasteiger partial charge >= 0.3 is 8.25 Å². The Morgan fingerprint density at radius 2 is 1.97 bits per heavy atom. The Morgan fingerprint density at radius 1 is 1.22 bits per heavy atom. The van der Waals surface area contributed by atoms with Gasteiger partial charge in [-0.15, -0.1) is 15.9 Å². The van der Waals surface area contributed by atoms with Crippen LogP contribution in [-0.4, -0.2) is 41.2 Å². The second-order valence-electron chi connectivity index (χ2n) is 6.50. The number of rotatable bonds is 10.